The molecular weight excluding hydrogens is 150 g/mol. The lowest BCUT2D eigenvalue weighted by molar-refractivity contribution is 0.205. The van der Waals surface area contributed by atoms with Crippen LogP contribution in [0.4, 0.5) is 4.79 Å². The molecule has 3 N–H and O–H groups in total. The number of rotatable bonds is 3. The van der Waals surface area contributed by atoms with Gasteiger partial charge in [-0.3, -0.25) is 0 Å². The largest absolute Gasteiger partial charge is 0.465 e. The van der Waals surface area contributed by atoms with Crippen LogP contribution in [-0.4, -0.2) is 17.0 Å². The third-order valence-electron chi connectivity index (χ3n) is 0.762. The number of hydrogen-bond donors (Lipinski definition) is 3. The molecule has 0 spiro atoms. The fraction of sp³-hybridized carbons (Fsp3) is 0.833. The van der Waals surface area contributed by atoms with Crippen molar-refractivity contribution in [3.05, 3.63) is 0 Å². The van der Waals surface area contributed by atoms with E-state index in [-0.39, 0.29) is 0 Å². The zero-order chi connectivity index (χ0) is 8.41. The molecule has 0 atom stereocenters. The van der Waals surface area contributed by atoms with E-state index in [1.165, 1.54) is 19.3 Å². The fourth-order valence-corrected chi connectivity index (χ4v) is 0.585. The quantitative estimate of drug-likeness (QED) is 0.440. The molecule has 0 aliphatic carbocycles. The summed E-state index contributed by atoms with van der Waals surface area (Å²) in [6, 6.07) is 0. The normalized spacial score (nSPS) is 7.80. The molecule has 0 bridgehead atoms. The number of carbonyl (C=O) groups is 1. The lowest BCUT2D eigenvalue weighted by Gasteiger charge is -1.85. The van der Waals surface area contributed by atoms with E-state index in [4.69, 9.17) is 9.90 Å². The first-order chi connectivity index (χ1) is 4.65. The van der Waals surface area contributed by atoms with E-state index >= 15 is 0 Å². The van der Waals surface area contributed by atoms with Crippen LogP contribution in [0.3, 0.4) is 0 Å². The van der Waals surface area contributed by atoms with Crippen LogP contribution < -0.4 is 5.73 Å². The minimum Gasteiger partial charge on any atom is -0.465 e. The molecule has 0 heterocycles. The Balaban J connectivity index is 0. The maximum absolute atomic E-state index is 8.78. The van der Waals surface area contributed by atoms with Gasteiger partial charge in [0.2, 0.25) is 0 Å². The van der Waals surface area contributed by atoms with Crippen molar-refractivity contribution < 1.29 is 9.90 Å². The van der Waals surface area contributed by atoms with E-state index in [0.717, 1.165) is 5.75 Å². The van der Waals surface area contributed by atoms with Crippen LogP contribution >= 0.6 is 12.6 Å². The number of unbranched alkanes of at least 4 members (excludes halogenated alkanes) is 2. The second kappa shape index (κ2) is 11.4. The highest BCUT2D eigenvalue weighted by atomic mass is 32.1. The standard InChI is InChI=1S/C5H12S.CH3NO2/c1-2-3-4-5-6;2-1(3)4/h6H,2-5H2,1H3;2H2,(H,3,4). The van der Waals surface area contributed by atoms with Gasteiger partial charge in [0.1, 0.15) is 0 Å². The summed E-state index contributed by atoms with van der Waals surface area (Å²) in [5.74, 6) is 1.05. The Morgan fingerprint density at radius 1 is 1.60 bits per heavy atom. The molecule has 0 aliphatic heterocycles. The van der Waals surface area contributed by atoms with Crippen molar-refractivity contribution in [2.24, 2.45) is 5.73 Å². The summed E-state index contributed by atoms with van der Waals surface area (Å²) < 4.78 is 0. The summed E-state index contributed by atoms with van der Waals surface area (Å²) in [7, 11) is 0. The first-order valence-corrected chi connectivity index (χ1v) is 3.87. The average molecular weight is 165 g/mol. The van der Waals surface area contributed by atoms with Crippen LogP contribution in [0.1, 0.15) is 26.2 Å². The van der Waals surface area contributed by atoms with Crippen LogP contribution in [-0.2, 0) is 0 Å². The molecule has 0 aliphatic rings. The van der Waals surface area contributed by atoms with Gasteiger partial charge in [-0.15, -0.1) is 0 Å². The van der Waals surface area contributed by atoms with Gasteiger partial charge in [-0.05, 0) is 12.2 Å². The Bertz CT molecular complexity index is 70.1. The molecule has 0 unspecified atom stereocenters. The number of carboxylic acid groups (broad SMARTS) is 1. The lowest BCUT2D eigenvalue weighted by Crippen LogP contribution is -2.03. The zero-order valence-electron chi connectivity index (χ0n) is 6.21. The molecule has 0 rings (SSSR count). The van der Waals surface area contributed by atoms with Gasteiger partial charge in [-0.2, -0.15) is 12.6 Å². The molecule has 10 heavy (non-hydrogen) atoms. The summed E-state index contributed by atoms with van der Waals surface area (Å²) in [5, 5.41) is 7.19. The smallest absolute Gasteiger partial charge is 0.402 e. The molecule has 0 aromatic heterocycles. The summed E-state index contributed by atoms with van der Waals surface area (Å²) >= 11 is 4.05. The van der Waals surface area contributed by atoms with E-state index < -0.39 is 6.09 Å². The van der Waals surface area contributed by atoms with Crippen molar-refractivity contribution in [1.29, 1.82) is 0 Å². The van der Waals surface area contributed by atoms with Gasteiger partial charge in [0.05, 0.1) is 0 Å². The second-order valence-corrected chi connectivity index (χ2v) is 2.22. The van der Waals surface area contributed by atoms with Crippen LogP contribution in [0.2, 0.25) is 0 Å². The molecule has 4 heteroatoms. The van der Waals surface area contributed by atoms with Gasteiger partial charge in [-0.25, -0.2) is 4.79 Å². The van der Waals surface area contributed by atoms with Crippen LogP contribution in [0, 0.1) is 0 Å². The van der Waals surface area contributed by atoms with Gasteiger partial charge in [0.25, 0.3) is 0 Å². The molecular formula is C6H15NO2S. The van der Waals surface area contributed by atoms with Crippen molar-refractivity contribution in [3.63, 3.8) is 0 Å². The molecule has 1 amide bonds. The fourth-order valence-electron chi connectivity index (χ4n) is 0.362. The Morgan fingerprint density at radius 3 is 2.10 bits per heavy atom. The number of amides is 1. The molecule has 0 aromatic carbocycles. The van der Waals surface area contributed by atoms with Gasteiger partial charge in [0.15, 0.2) is 0 Å². The molecule has 0 fully saturated rings. The maximum Gasteiger partial charge on any atom is 0.402 e. The second-order valence-electron chi connectivity index (χ2n) is 1.77. The Hall–Kier alpha value is -0.380. The first-order valence-electron chi connectivity index (χ1n) is 3.24. The van der Waals surface area contributed by atoms with Crippen molar-refractivity contribution in [3.8, 4) is 0 Å². The van der Waals surface area contributed by atoms with E-state index in [9.17, 15) is 0 Å². The van der Waals surface area contributed by atoms with E-state index in [2.05, 4.69) is 25.3 Å². The first kappa shape index (κ1) is 12.3. The maximum atomic E-state index is 8.78. The Kier molecular flexibility index (Phi) is 14.1. The predicted octanol–water partition coefficient (Wildman–Crippen LogP) is 1.73. The molecule has 62 valence electrons. The average Bonchev–Trinajstić information content (AvgIpc) is 1.82. The van der Waals surface area contributed by atoms with Gasteiger partial charge in [0, 0.05) is 0 Å². The molecule has 0 aromatic rings. The highest BCUT2D eigenvalue weighted by Gasteiger charge is 1.75. The number of primary amides is 1. The summed E-state index contributed by atoms with van der Waals surface area (Å²) in [6.45, 7) is 2.20. The summed E-state index contributed by atoms with van der Waals surface area (Å²) in [6.07, 6.45) is 2.59. The highest BCUT2D eigenvalue weighted by Crippen LogP contribution is 1.93. The van der Waals surface area contributed by atoms with Gasteiger partial charge >= 0.3 is 6.09 Å². The SMILES string of the molecule is CCCCCS.NC(=O)O. The highest BCUT2D eigenvalue weighted by molar-refractivity contribution is 7.80. The number of thiol groups is 1. The number of hydrogen-bond acceptors (Lipinski definition) is 2. The molecule has 3 nitrogen and oxygen atoms in total. The van der Waals surface area contributed by atoms with Crippen molar-refractivity contribution >= 4 is 18.7 Å². The van der Waals surface area contributed by atoms with Crippen molar-refractivity contribution in [2.75, 3.05) is 5.75 Å². The van der Waals surface area contributed by atoms with E-state index in [1.807, 2.05) is 0 Å². The van der Waals surface area contributed by atoms with E-state index in [1.54, 1.807) is 0 Å². The molecule has 0 saturated heterocycles. The van der Waals surface area contributed by atoms with Crippen LogP contribution in [0.5, 0.6) is 0 Å². The van der Waals surface area contributed by atoms with Crippen LogP contribution in [0.25, 0.3) is 0 Å². The summed E-state index contributed by atoms with van der Waals surface area (Å²) in [5.41, 5.74) is 4.03. The van der Waals surface area contributed by atoms with Gasteiger partial charge in [-0.1, -0.05) is 19.8 Å². The predicted molar refractivity (Wildman–Crippen MR) is 45.6 cm³/mol. The van der Waals surface area contributed by atoms with Crippen LogP contribution in [0.15, 0.2) is 0 Å². The Morgan fingerprint density at radius 2 is 2.00 bits per heavy atom. The number of nitrogens with two attached hydrogens (primary N) is 1. The summed E-state index contributed by atoms with van der Waals surface area (Å²) in [4.78, 5) is 8.78. The van der Waals surface area contributed by atoms with Crippen molar-refractivity contribution in [2.45, 2.75) is 26.2 Å². The Labute approximate surface area is 67.0 Å². The van der Waals surface area contributed by atoms with E-state index in [0.29, 0.717) is 0 Å². The minimum absolute atomic E-state index is 1.05. The molecule has 0 saturated carbocycles. The third-order valence-corrected chi connectivity index (χ3v) is 1.08. The minimum atomic E-state index is -1.33. The molecule has 0 radical (unpaired) electrons. The topological polar surface area (TPSA) is 63.3 Å². The monoisotopic (exact) mass is 165 g/mol. The zero-order valence-corrected chi connectivity index (χ0v) is 7.10. The van der Waals surface area contributed by atoms with Gasteiger partial charge < -0.3 is 10.8 Å². The third kappa shape index (κ3) is 48.6. The van der Waals surface area contributed by atoms with Crippen molar-refractivity contribution in [1.82, 2.24) is 0 Å². The lowest BCUT2D eigenvalue weighted by atomic mass is 10.3.